The van der Waals surface area contributed by atoms with Crippen LogP contribution in [0, 0.1) is 11.2 Å². The van der Waals surface area contributed by atoms with Crippen molar-refractivity contribution < 1.29 is 31.0 Å². The van der Waals surface area contributed by atoms with E-state index in [1.807, 2.05) is 5.97 Å². The van der Waals surface area contributed by atoms with Gasteiger partial charge in [0.1, 0.15) is 0 Å². The van der Waals surface area contributed by atoms with E-state index in [-0.39, 0.29) is 38.8 Å². The molecule has 0 heterocycles. The fourth-order valence-corrected chi connectivity index (χ4v) is 0. The number of hydrogen-bond donors (Lipinski definition) is 0. The molecule has 0 aromatic heterocycles. The summed E-state index contributed by atoms with van der Waals surface area (Å²) in [5.74, 6) is 2.00. The molecule has 1 nitrogen and oxygen atoms in total. The summed E-state index contributed by atoms with van der Waals surface area (Å²) >= 11 is 0. The number of rotatable bonds is 0. The van der Waals surface area contributed by atoms with E-state index in [4.69, 9.17) is 5.26 Å². The Kier molecular flexibility index (Phi) is 21.2. The van der Waals surface area contributed by atoms with Crippen LogP contribution >= 0.6 is 0 Å². The van der Waals surface area contributed by atoms with Gasteiger partial charge in [0, 0.05) is 1.43 Å². The average Bonchev–Trinajstić information content (AvgIpc) is 0.918. The molecular weight excluding hydrogens is 59.8 g/mol. The molecule has 0 radical (unpaired) electrons. The van der Waals surface area contributed by atoms with E-state index in [2.05, 4.69) is 0 Å². The maximum Gasteiger partial charge on any atom is 1.00 e. The van der Waals surface area contributed by atoms with Gasteiger partial charge < -0.3 is 0 Å². The molecule has 0 unspecified atom stereocenters. The quantitative estimate of drug-likeness (QED) is 0.264. The van der Waals surface area contributed by atoms with Crippen LogP contribution in [-0.2, 0) is 0 Å². The first kappa shape index (κ1) is 8.82. The second-order valence-corrected chi connectivity index (χ2v) is 0. The summed E-state index contributed by atoms with van der Waals surface area (Å²) in [6.45, 7) is 0. The summed E-state index contributed by atoms with van der Waals surface area (Å²) < 4.78 is 0. The molecule has 18 valence electrons. The Balaban J connectivity index is -0.0000000200. The SMILES string of the molecule is [BH3-]C#N.[HH].[Na+]. The van der Waals surface area contributed by atoms with Gasteiger partial charge in [0.05, 0.1) is 7.85 Å². The fraction of sp³-hybridized carbons (Fsp3) is 0. The molecule has 0 N–H and O–H groups in total. The minimum Gasteiger partial charge on any atom is -0.251 e. The largest absolute Gasteiger partial charge is 1.00 e. The number of nitriles is 1. The maximum absolute atomic E-state index is 7.43. The van der Waals surface area contributed by atoms with Crippen molar-refractivity contribution in [2.75, 3.05) is 0 Å². The summed E-state index contributed by atoms with van der Waals surface area (Å²) in [6.07, 6.45) is 0. The first-order valence-electron chi connectivity index (χ1n) is 0.224. The molecule has 0 aliphatic heterocycles. The molecular formula is CH5BNNa. The van der Waals surface area contributed by atoms with Crippen LogP contribution < -0.4 is 29.6 Å². The van der Waals surface area contributed by atoms with E-state index in [1.54, 1.807) is 0 Å². The molecule has 0 rings (SSSR count). The predicted octanol–water partition coefficient (Wildman–Crippen LogP) is -3.92. The van der Waals surface area contributed by atoms with Gasteiger partial charge in [-0.15, -0.1) is 0 Å². The van der Waals surface area contributed by atoms with Gasteiger partial charge in [0.2, 0.25) is 0 Å². The topological polar surface area (TPSA) is 23.8 Å². The van der Waals surface area contributed by atoms with Crippen LogP contribution in [0.2, 0.25) is 0 Å². The Morgan fingerprint density at radius 3 is 2.00 bits per heavy atom. The molecule has 4 heavy (non-hydrogen) atoms. The number of nitrogens with zero attached hydrogens (tertiary/aromatic N) is 1. The minimum atomic E-state index is 0. The minimum absolute atomic E-state index is 0. The molecule has 0 bridgehead atoms. The zero-order chi connectivity index (χ0) is 2.71. The monoisotopic (exact) mass is 65.0 g/mol. The Bertz CT molecular complexity index is 33.1. The summed E-state index contributed by atoms with van der Waals surface area (Å²) in [4.78, 5) is 0. The van der Waals surface area contributed by atoms with E-state index < -0.39 is 0 Å². The van der Waals surface area contributed by atoms with Gasteiger partial charge in [0.15, 0.2) is 0 Å². The summed E-state index contributed by atoms with van der Waals surface area (Å²) in [6, 6.07) is 0. The van der Waals surface area contributed by atoms with E-state index in [1.165, 1.54) is 0 Å². The van der Waals surface area contributed by atoms with Crippen molar-refractivity contribution >= 4 is 7.85 Å². The Morgan fingerprint density at radius 2 is 2.00 bits per heavy atom. The van der Waals surface area contributed by atoms with Crippen molar-refractivity contribution in [3.05, 3.63) is 0 Å². The Labute approximate surface area is 50.2 Å². The van der Waals surface area contributed by atoms with Crippen LogP contribution in [0.15, 0.2) is 0 Å². The van der Waals surface area contributed by atoms with Gasteiger partial charge in [-0.3, -0.25) is 5.26 Å². The second-order valence-electron chi connectivity index (χ2n) is 0. The predicted molar refractivity (Wildman–Crippen MR) is 17.7 cm³/mol. The first-order valence-corrected chi connectivity index (χ1v) is 0.224. The molecule has 0 aromatic rings. The van der Waals surface area contributed by atoms with Crippen LogP contribution in [0.5, 0.6) is 0 Å². The molecule has 0 aliphatic rings. The van der Waals surface area contributed by atoms with Crippen molar-refractivity contribution in [1.29, 1.82) is 5.26 Å². The van der Waals surface area contributed by atoms with Gasteiger partial charge in [-0.05, 0) is 0 Å². The van der Waals surface area contributed by atoms with Crippen molar-refractivity contribution in [2.45, 2.75) is 0 Å². The summed E-state index contributed by atoms with van der Waals surface area (Å²) in [5, 5.41) is 7.43. The van der Waals surface area contributed by atoms with Crippen molar-refractivity contribution in [3.63, 3.8) is 0 Å². The average molecular weight is 64.9 g/mol. The fourth-order valence-electron chi connectivity index (χ4n) is 0. The van der Waals surface area contributed by atoms with Gasteiger partial charge in [-0.1, -0.05) is 0 Å². The molecule has 0 amide bonds. The second kappa shape index (κ2) is 9.60. The summed E-state index contributed by atoms with van der Waals surface area (Å²) in [5.41, 5.74) is 0. The third kappa shape index (κ3) is 20.1. The smallest absolute Gasteiger partial charge is 0.251 e. The molecule has 0 atom stereocenters. The number of hydrogen-bond acceptors (Lipinski definition) is 1. The third-order valence-corrected chi connectivity index (χ3v) is 0. The molecule has 0 aliphatic carbocycles. The van der Waals surface area contributed by atoms with Crippen LogP contribution in [0.3, 0.4) is 0 Å². The van der Waals surface area contributed by atoms with Crippen molar-refractivity contribution in [2.24, 2.45) is 0 Å². The van der Waals surface area contributed by atoms with Crippen LogP contribution in [0.4, 0.5) is 0 Å². The van der Waals surface area contributed by atoms with Crippen molar-refractivity contribution in [3.8, 4) is 5.97 Å². The van der Waals surface area contributed by atoms with Gasteiger partial charge in [-0.2, -0.15) is 5.97 Å². The molecule has 0 saturated heterocycles. The van der Waals surface area contributed by atoms with E-state index in [0.29, 0.717) is 0 Å². The van der Waals surface area contributed by atoms with Crippen LogP contribution in [0.1, 0.15) is 1.43 Å². The van der Waals surface area contributed by atoms with E-state index in [9.17, 15) is 0 Å². The molecule has 0 fully saturated rings. The van der Waals surface area contributed by atoms with Gasteiger partial charge in [0.25, 0.3) is 0 Å². The molecule has 0 spiro atoms. The van der Waals surface area contributed by atoms with Crippen LogP contribution in [-0.4, -0.2) is 7.85 Å². The van der Waals surface area contributed by atoms with Crippen LogP contribution in [0.25, 0.3) is 0 Å². The Morgan fingerprint density at radius 1 is 2.00 bits per heavy atom. The zero-order valence-electron chi connectivity index (χ0n) is 1.95. The Hall–Kier alpha value is 0.555. The van der Waals surface area contributed by atoms with E-state index in [0.717, 1.165) is 0 Å². The standard InChI is InChI=1S/CH3BN.Na.H2/c2-1-3;;/h2H3;;1H/q-1;+1;. The molecule has 3 heteroatoms. The van der Waals surface area contributed by atoms with Crippen molar-refractivity contribution in [1.82, 2.24) is 0 Å². The van der Waals surface area contributed by atoms with Gasteiger partial charge in [-0.25, -0.2) is 0 Å². The van der Waals surface area contributed by atoms with E-state index >= 15 is 0 Å². The molecule has 0 aromatic carbocycles. The zero-order valence-corrected chi connectivity index (χ0v) is 3.95. The first-order chi connectivity index (χ1) is 1.41. The normalized spacial score (nSPS) is 2.00. The summed E-state index contributed by atoms with van der Waals surface area (Å²) in [7, 11) is 0.0694. The molecule has 0 saturated carbocycles. The third-order valence-electron chi connectivity index (χ3n) is 0. The van der Waals surface area contributed by atoms with Gasteiger partial charge >= 0.3 is 29.6 Å². The maximum atomic E-state index is 7.43.